The van der Waals surface area contributed by atoms with Gasteiger partial charge in [-0.05, 0) is 42.0 Å². The van der Waals surface area contributed by atoms with E-state index in [-0.39, 0.29) is 26.9 Å². The second kappa shape index (κ2) is 7.63. The topological polar surface area (TPSA) is 35.8 Å². The highest BCUT2D eigenvalue weighted by Crippen LogP contribution is 2.52. The second-order valence-electron chi connectivity index (χ2n) is 8.57. The minimum absolute atomic E-state index is 0.0925. The van der Waals surface area contributed by atoms with Crippen LogP contribution in [0.1, 0.15) is 44.4 Å². The molecule has 0 aliphatic carbocycles. The Morgan fingerprint density at radius 2 is 1.71 bits per heavy atom. The minimum atomic E-state index is -1.28. The number of nitrogens with zero attached hydrogens (tertiary/aromatic N) is 1. The van der Waals surface area contributed by atoms with E-state index in [1.165, 1.54) is 12.1 Å². The Kier molecular flexibility index (Phi) is 5.74. The molecule has 0 amide bonds. The van der Waals surface area contributed by atoms with E-state index in [9.17, 15) is 9.65 Å². The van der Waals surface area contributed by atoms with Gasteiger partial charge in [-0.25, -0.2) is 8.78 Å². The fourth-order valence-corrected chi connectivity index (χ4v) is 4.62. The molecule has 3 rings (SSSR count). The number of nitrogens with one attached hydrogen (secondary N) is 1. The molecule has 1 aliphatic rings. The van der Waals surface area contributed by atoms with Gasteiger partial charge in [-0.2, -0.15) is 5.26 Å². The van der Waals surface area contributed by atoms with Crippen molar-refractivity contribution in [3.05, 3.63) is 69.2 Å². The number of rotatable bonds is 3. The first-order valence-electron chi connectivity index (χ1n) is 9.13. The zero-order chi connectivity index (χ0) is 20.7. The minimum Gasteiger partial charge on any atom is -0.308 e. The van der Waals surface area contributed by atoms with Crippen LogP contribution < -0.4 is 5.32 Å². The molecule has 2 nitrogen and oxygen atoms in total. The van der Waals surface area contributed by atoms with E-state index in [4.69, 9.17) is 23.2 Å². The van der Waals surface area contributed by atoms with Gasteiger partial charge in [0.1, 0.15) is 17.0 Å². The van der Waals surface area contributed by atoms with Crippen molar-refractivity contribution in [3.8, 4) is 6.07 Å². The number of hydrogen-bond donors (Lipinski definition) is 1. The van der Waals surface area contributed by atoms with E-state index in [1.54, 1.807) is 24.3 Å². The fraction of sp³-hybridized carbons (Fsp3) is 0.409. The molecule has 1 heterocycles. The summed E-state index contributed by atoms with van der Waals surface area (Å²) in [6.07, 6.45) is 0.668. The second-order valence-corrected chi connectivity index (χ2v) is 9.45. The van der Waals surface area contributed by atoms with E-state index >= 15 is 4.39 Å². The van der Waals surface area contributed by atoms with Crippen molar-refractivity contribution in [2.45, 2.75) is 38.6 Å². The smallest absolute Gasteiger partial charge is 0.129 e. The Balaban J connectivity index is 2.23. The lowest BCUT2D eigenvalue weighted by molar-refractivity contribution is 0.246. The van der Waals surface area contributed by atoms with Gasteiger partial charge in [-0.3, -0.25) is 0 Å². The van der Waals surface area contributed by atoms with Crippen LogP contribution in [0.5, 0.6) is 0 Å². The van der Waals surface area contributed by atoms with Gasteiger partial charge in [0.2, 0.25) is 0 Å². The van der Waals surface area contributed by atoms with Crippen molar-refractivity contribution in [1.29, 1.82) is 5.26 Å². The van der Waals surface area contributed by atoms with Crippen molar-refractivity contribution >= 4 is 23.2 Å². The van der Waals surface area contributed by atoms with Crippen LogP contribution in [0.2, 0.25) is 10.0 Å². The standard InChI is InChI=1S/C22H22Cl2F2N2/c1-21(2,3)10-13-11-28-20(16-6-4-14(23)8-18(16)25)22(13,12-27)17-7-5-15(24)9-19(17)26/h4-9,13,20,28H,10-11H2,1-3H3/t13-,20-,22-/m1/s1. The zero-order valence-electron chi connectivity index (χ0n) is 16.0. The summed E-state index contributed by atoms with van der Waals surface area (Å²) in [4.78, 5) is 0. The van der Waals surface area contributed by atoms with Crippen LogP contribution in [0, 0.1) is 34.3 Å². The summed E-state index contributed by atoms with van der Waals surface area (Å²) in [6.45, 7) is 6.69. The van der Waals surface area contributed by atoms with Gasteiger partial charge >= 0.3 is 0 Å². The molecule has 2 aromatic rings. The normalized spacial score (nSPS) is 24.9. The predicted octanol–water partition coefficient (Wildman–Crippen LogP) is 6.43. The highest BCUT2D eigenvalue weighted by molar-refractivity contribution is 6.30. The third-order valence-electron chi connectivity index (χ3n) is 5.36. The van der Waals surface area contributed by atoms with Crippen LogP contribution in [0.4, 0.5) is 8.78 Å². The summed E-state index contributed by atoms with van der Waals surface area (Å²) in [5.74, 6) is -1.29. The lowest BCUT2D eigenvalue weighted by Crippen LogP contribution is -2.39. The molecule has 3 atom stereocenters. The highest BCUT2D eigenvalue weighted by atomic mass is 35.5. The molecule has 1 fully saturated rings. The summed E-state index contributed by atoms with van der Waals surface area (Å²) in [7, 11) is 0. The Labute approximate surface area is 174 Å². The third-order valence-corrected chi connectivity index (χ3v) is 5.83. The molecule has 0 radical (unpaired) electrons. The Morgan fingerprint density at radius 3 is 2.25 bits per heavy atom. The molecule has 0 aromatic heterocycles. The van der Waals surface area contributed by atoms with Gasteiger partial charge in [0.05, 0.1) is 12.1 Å². The van der Waals surface area contributed by atoms with Crippen molar-refractivity contribution in [3.63, 3.8) is 0 Å². The first-order valence-corrected chi connectivity index (χ1v) is 9.89. The van der Waals surface area contributed by atoms with Gasteiger partial charge in [-0.1, -0.05) is 56.1 Å². The van der Waals surface area contributed by atoms with Crippen molar-refractivity contribution in [1.82, 2.24) is 5.32 Å². The van der Waals surface area contributed by atoms with Crippen LogP contribution >= 0.6 is 23.2 Å². The Hall–Kier alpha value is -1.67. The summed E-state index contributed by atoms with van der Waals surface area (Å²) in [5.41, 5.74) is -0.837. The molecule has 28 heavy (non-hydrogen) atoms. The van der Waals surface area contributed by atoms with Crippen LogP contribution in [-0.2, 0) is 5.41 Å². The van der Waals surface area contributed by atoms with Crippen molar-refractivity contribution in [2.24, 2.45) is 11.3 Å². The summed E-state index contributed by atoms with van der Waals surface area (Å²) >= 11 is 11.8. The quantitative estimate of drug-likeness (QED) is 0.618. The van der Waals surface area contributed by atoms with Gasteiger partial charge in [0.25, 0.3) is 0 Å². The maximum absolute atomic E-state index is 15.0. The molecule has 0 saturated carbocycles. The van der Waals surface area contributed by atoms with E-state index in [0.29, 0.717) is 18.5 Å². The first-order chi connectivity index (χ1) is 13.1. The molecular formula is C22H22Cl2F2N2. The Bertz CT molecular complexity index is 933. The summed E-state index contributed by atoms with van der Waals surface area (Å²) < 4.78 is 29.8. The number of benzene rings is 2. The molecule has 148 valence electrons. The lowest BCUT2D eigenvalue weighted by atomic mass is 9.63. The largest absolute Gasteiger partial charge is 0.308 e. The fourth-order valence-electron chi connectivity index (χ4n) is 4.30. The zero-order valence-corrected chi connectivity index (χ0v) is 17.5. The van der Waals surface area contributed by atoms with Crippen LogP contribution in [0.25, 0.3) is 0 Å². The maximum Gasteiger partial charge on any atom is 0.129 e. The van der Waals surface area contributed by atoms with Crippen LogP contribution in [-0.4, -0.2) is 6.54 Å². The SMILES string of the molecule is CC(C)(C)C[C@@H]1CN[C@H](c2ccc(Cl)cc2F)[C@@]1(C#N)c1ccc(Cl)cc1F. The molecule has 0 unspecified atom stereocenters. The van der Waals surface area contributed by atoms with E-state index in [0.717, 1.165) is 0 Å². The first kappa shape index (κ1) is 21.0. The van der Waals surface area contributed by atoms with Gasteiger partial charge in [-0.15, -0.1) is 0 Å². The molecular weight excluding hydrogens is 401 g/mol. The molecule has 6 heteroatoms. The van der Waals surface area contributed by atoms with Crippen LogP contribution in [0.3, 0.4) is 0 Å². The molecule has 1 N–H and O–H groups in total. The van der Waals surface area contributed by atoms with Crippen molar-refractivity contribution in [2.75, 3.05) is 6.54 Å². The van der Waals surface area contributed by atoms with Crippen LogP contribution in [0.15, 0.2) is 36.4 Å². The molecule has 0 spiro atoms. The Morgan fingerprint density at radius 1 is 1.11 bits per heavy atom. The number of hydrogen-bond acceptors (Lipinski definition) is 2. The maximum atomic E-state index is 15.0. The van der Waals surface area contributed by atoms with E-state index in [1.807, 2.05) is 0 Å². The van der Waals surface area contributed by atoms with E-state index < -0.39 is 23.1 Å². The molecule has 1 aliphatic heterocycles. The third kappa shape index (κ3) is 3.76. The summed E-state index contributed by atoms with van der Waals surface area (Å²) in [6, 6.07) is 10.3. The molecule has 0 bridgehead atoms. The summed E-state index contributed by atoms with van der Waals surface area (Å²) in [5, 5.41) is 14.2. The number of halogens is 4. The molecule has 1 saturated heterocycles. The van der Waals surface area contributed by atoms with Gasteiger partial charge in [0, 0.05) is 27.7 Å². The molecule has 2 aromatic carbocycles. The van der Waals surface area contributed by atoms with E-state index in [2.05, 4.69) is 32.2 Å². The van der Waals surface area contributed by atoms with Gasteiger partial charge in [0.15, 0.2) is 0 Å². The highest BCUT2D eigenvalue weighted by Gasteiger charge is 2.55. The average Bonchev–Trinajstić information content (AvgIpc) is 2.92. The average molecular weight is 423 g/mol. The monoisotopic (exact) mass is 422 g/mol. The van der Waals surface area contributed by atoms with Crippen molar-refractivity contribution < 1.29 is 8.78 Å². The predicted molar refractivity (Wildman–Crippen MR) is 108 cm³/mol. The lowest BCUT2D eigenvalue weighted by Gasteiger charge is -2.37. The van der Waals surface area contributed by atoms with Gasteiger partial charge < -0.3 is 5.32 Å². The number of nitriles is 1.